The summed E-state index contributed by atoms with van der Waals surface area (Å²) >= 11 is 0. The van der Waals surface area contributed by atoms with Crippen LogP contribution >= 0.6 is 0 Å². The molecule has 0 spiro atoms. The lowest BCUT2D eigenvalue weighted by molar-refractivity contribution is 0.0231. The predicted octanol–water partition coefficient (Wildman–Crippen LogP) is 2.54. The Hall–Kier alpha value is -1.06. The van der Waals surface area contributed by atoms with Crippen LogP contribution in [-0.4, -0.2) is 33.0 Å². The summed E-state index contributed by atoms with van der Waals surface area (Å²) in [5.74, 6) is 0.695. The van der Waals surface area contributed by atoms with Gasteiger partial charge in [0.25, 0.3) is 0 Å². The minimum absolute atomic E-state index is 0.695. The Kier molecular flexibility index (Phi) is 5.33. The highest BCUT2D eigenvalue weighted by Crippen LogP contribution is 2.14. The van der Waals surface area contributed by atoms with Gasteiger partial charge in [-0.3, -0.25) is 0 Å². The second-order valence-corrected chi connectivity index (χ2v) is 4.42. The van der Waals surface area contributed by atoms with Crippen molar-refractivity contribution in [2.24, 2.45) is 5.92 Å². The molecule has 0 bridgehead atoms. The van der Waals surface area contributed by atoms with Gasteiger partial charge in [-0.05, 0) is 30.9 Å². The molecule has 0 amide bonds. The van der Waals surface area contributed by atoms with Crippen molar-refractivity contribution in [3.8, 4) is 0 Å². The van der Waals surface area contributed by atoms with E-state index in [1.165, 1.54) is 0 Å². The average molecular weight is 235 g/mol. The summed E-state index contributed by atoms with van der Waals surface area (Å²) in [6, 6.07) is 10.2. The van der Waals surface area contributed by atoms with Gasteiger partial charge in [-0.2, -0.15) is 0 Å². The molecule has 2 rings (SSSR count). The van der Waals surface area contributed by atoms with E-state index in [1.54, 1.807) is 0 Å². The van der Waals surface area contributed by atoms with Gasteiger partial charge in [0.1, 0.15) is 0 Å². The summed E-state index contributed by atoms with van der Waals surface area (Å²) in [5, 5.41) is 3.33. The number of ether oxygens (including phenoxy) is 2. The van der Waals surface area contributed by atoms with Gasteiger partial charge >= 0.3 is 0 Å². The Bertz CT molecular complexity index is 296. The van der Waals surface area contributed by atoms with Crippen LogP contribution in [0.4, 0.5) is 5.69 Å². The molecule has 0 aromatic heterocycles. The van der Waals surface area contributed by atoms with Crippen molar-refractivity contribution in [2.45, 2.75) is 12.8 Å². The van der Waals surface area contributed by atoms with Crippen LogP contribution in [0.2, 0.25) is 0 Å². The van der Waals surface area contributed by atoms with E-state index < -0.39 is 0 Å². The topological polar surface area (TPSA) is 30.5 Å². The van der Waals surface area contributed by atoms with Crippen molar-refractivity contribution in [3.63, 3.8) is 0 Å². The summed E-state index contributed by atoms with van der Waals surface area (Å²) in [5.41, 5.74) is 1.15. The first-order chi connectivity index (χ1) is 8.45. The molecule has 0 saturated carbocycles. The number of para-hydroxylation sites is 1. The second-order valence-electron chi connectivity index (χ2n) is 4.42. The molecule has 1 saturated heterocycles. The Labute approximate surface area is 103 Å². The zero-order valence-corrected chi connectivity index (χ0v) is 10.2. The van der Waals surface area contributed by atoms with Crippen LogP contribution < -0.4 is 5.32 Å². The molecule has 1 heterocycles. The maximum absolute atomic E-state index is 5.68. The molecule has 1 fully saturated rings. The monoisotopic (exact) mass is 235 g/mol. The molecule has 0 aliphatic carbocycles. The summed E-state index contributed by atoms with van der Waals surface area (Å²) in [6.07, 6.45) is 2.29. The van der Waals surface area contributed by atoms with E-state index in [-0.39, 0.29) is 0 Å². The fourth-order valence-electron chi connectivity index (χ4n) is 1.99. The first-order valence-corrected chi connectivity index (χ1v) is 6.39. The fourth-order valence-corrected chi connectivity index (χ4v) is 1.99. The summed E-state index contributed by atoms with van der Waals surface area (Å²) in [6.45, 7) is 4.31. The van der Waals surface area contributed by atoms with Crippen molar-refractivity contribution in [1.29, 1.82) is 0 Å². The molecule has 1 aliphatic heterocycles. The van der Waals surface area contributed by atoms with E-state index in [9.17, 15) is 0 Å². The third-order valence-corrected chi connectivity index (χ3v) is 3.04. The minimum Gasteiger partial charge on any atom is -0.383 e. The van der Waals surface area contributed by atoms with E-state index in [2.05, 4.69) is 17.4 Å². The molecule has 3 nitrogen and oxygen atoms in total. The first-order valence-electron chi connectivity index (χ1n) is 6.39. The number of nitrogens with one attached hydrogen (secondary N) is 1. The molecular formula is C14H21NO2. The number of rotatable bonds is 6. The third kappa shape index (κ3) is 4.75. The molecule has 94 valence electrons. The first kappa shape index (κ1) is 12.4. The lowest BCUT2D eigenvalue weighted by atomic mass is 10.0. The SMILES string of the molecule is c1ccc(NCCOCC2CCOCC2)cc1. The molecule has 0 radical (unpaired) electrons. The van der Waals surface area contributed by atoms with E-state index in [0.29, 0.717) is 5.92 Å². The quantitative estimate of drug-likeness (QED) is 0.769. The average Bonchev–Trinajstić information content (AvgIpc) is 2.41. The van der Waals surface area contributed by atoms with Gasteiger partial charge in [0.15, 0.2) is 0 Å². The van der Waals surface area contributed by atoms with Crippen LogP contribution in [0.5, 0.6) is 0 Å². The van der Waals surface area contributed by atoms with Crippen LogP contribution in [0.25, 0.3) is 0 Å². The molecule has 17 heavy (non-hydrogen) atoms. The van der Waals surface area contributed by atoms with Gasteiger partial charge in [0.2, 0.25) is 0 Å². The highest BCUT2D eigenvalue weighted by Gasteiger charge is 2.13. The van der Waals surface area contributed by atoms with Crippen molar-refractivity contribution in [2.75, 3.05) is 38.3 Å². The number of hydrogen-bond acceptors (Lipinski definition) is 3. The minimum atomic E-state index is 0.695. The van der Waals surface area contributed by atoms with Gasteiger partial charge in [-0.1, -0.05) is 18.2 Å². The van der Waals surface area contributed by atoms with Crippen LogP contribution in [0.15, 0.2) is 30.3 Å². The lowest BCUT2D eigenvalue weighted by Crippen LogP contribution is -2.21. The maximum atomic E-state index is 5.68. The molecular weight excluding hydrogens is 214 g/mol. The molecule has 0 atom stereocenters. The molecule has 1 aromatic carbocycles. The van der Waals surface area contributed by atoms with Crippen molar-refractivity contribution >= 4 is 5.69 Å². The van der Waals surface area contributed by atoms with Crippen molar-refractivity contribution in [3.05, 3.63) is 30.3 Å². The Morgan fingerprint density at radius 3 is 2.71 bits per heavy atom. The highest BCUT2D eigenvalue weighted by atomic mass is 16.5. The third-order valence-electron chi connectivity index (χ3n) is 3.04. The molecule has 1 aliphatic rings. The number of hydrogen-bond donors (Lipinski definition) is 1. The zero-order valence-electron chi connectivity index (χ0n) is 10.2. The largest absolute Gasteiger partial charge is 0.383 e. The summed E-state index contributed by atoms with van der Waals surface area (Å²) in [4.78, 5) is 0. The van der Waals surface area contributed by atoms with Gasteiger partial charge in [-0.15, -0.1) is 0 Å². The summed E-state index contributed by atoms with van der Waals surface area (Å²) in [7, 11) is 0. The fraction of sp³-hybridized carbons (Fsp3) is 0.571. The lowest BCUT2D eigenvalue weighted by Gasteiger charge is -2.21. The van der Waals surface area contributed by atoms with E-state index in [0.717, 1.165) is 51.5 Å². The van der Waals surface area contributed by atoms with Crippen LogP contribution in [0, 0.1) is 5.92 Å². The van der Waals surface area contributed by atoms with Crippen molar-refractivity contribution in [1.82, 2.24) is 0 Å². The van der Waals surface area contributed by atoms with E-state index in [4.69, 9.17) is 9.47 Å². The smallest absolute Gasteiger partial charge is 0.0639 e. The predicted molar refractivity (Wildman–Crippen MR) is 69.3 cm³/mol. The van der Waals surface area contributed by atoms with Crippen LogP contribution in [-0.2, 0) is 9.47 Å². The van der Waals surface area contributed by atoms with Crippen molar-refractivity contribution < 1.29 is 9.47 Å². The van der Waals surface area contributed by atoms with Crippen LogP contribution in [0.1, 0.15) is 12.8 Å². The molecule has 1 aromatic rings. The Morgan fingerprint density at radius 1 is 1.18 bits per heavy atom. The van der Waals surface area contributed by atoms with Gasteiger partial charge < -0.3 is 14.8 Å². The summed E-state index contributed by atoms with van der Waals surface area (Å²) < 4.78 is 11.0. The van der Waals surface area contributed by atoms with Gasteiger partial charge in [0, 0.05) is 32.1 Å². The maximum Gasteiger partial charge on any atom is 0.0639 e. The molecule has 3 heteroatoms. The normalized spacial score (nSPS) is 16.9. The Morgan fingerprint density at radius 2 is 1.94 bits per heavy atom. The van der Waals surface area contributed by atoms with Gasteiger partial charge in [0.05, 0.1) is 6.61 Å². The van der Waals surface area contributed by atoms with E-state index in [1.807, 2.05) is 18.2 Å². The molecule has 0 unspecified atom stereocenters. The van der Waals surface area contributed by atoms with Crippen LogP contribution in [0.3, 0.4) is 0 Å². The number of anilines is 1. The highest BCUT2D eigenvalue weighted by molar-refractivity contribution is 5.42. The Balaban J connectivity index is 1.51. The van der Waals surface area contributed by atoms with Gasteiger partial charge in [-0.25, -0.2) is 0 Å². The standard InChI is InChI=1S/C14H21NO2/c1-2-4-14(5-3-1)15-8-11-17-12-13-6-9-16-10-7-13/h1-5,13,15H,6-12H2. The number of benzene rings is 1. The zero-order chi connectivity index (χ0) is 11.8. The molecule has 1 N–H and O–H groups in total. The second kappa shape index (κ2) is 7.30. The van der Waals surface area contributed by atoms with E-state index >= 15 is 0 Å².